The fourth-order valence-electron chi connectivity index (χ4n) is 3.42. The van der Waals surface area contributed by atoms with Crippen molar-refractivity contribution >= 4 is 23.3 Å². The van der Waals surface area contributed by atoms with Crippen molar-refractivity contribution in [1.29, 1.82) is 0 Å². The number of aryl methyl sites for hydroxylation is 1. The van der Waals surface area contributed by atoms with E-state index in [9.17, 15) is 19.1 Å². The second-order valence-electron chi connectivity index (χ2n) is 6.75. The number of rotatable bonds is 4. The summed E-state index contributed by atoms with van der Waals surface area (Å²) in [5, 5.41) is 14.8. The third-order valence-corrected chi connectivity index (χ3v) is 4.84. The Morgan fingerprint density at radius 1 is 1.17 bits per heavy atom. The number of nitrogens with zero attached hydrogens (tertiary/aromatic N) is 2. The second-order valence-corrected chi connectivity index (χ2v) is 6.75. The number of aromatic nitrogens is 1. The first-order valence-corrected chi connectivity index (χ1v) is 9.05. The molecule has 0 saturated carbocycles. The molecule has 2 heterocycles. The number of amides is 1. The van der Waals surface area contributed by atoms with Crippen LogP contribution in [0.5, 0.6) is 5.75 Å². The molecule has 0 radical (unpaired) electrons. The third kappa shape index (κ3) is 3.22. The number of benzene rings is 2. The highest BCUT2D eigenvalue weighted by molar-refractivity contribution is 6.51. The standard InChI is InChI=1S/C22H17FN2O5/c1-12-10-17(24-30-12)25-19(13-6-8-15(23)9-7-13)18(21(27)22(25)28)20(26)14-4-3-5-16(11-14)29-2/h3-11,19,26H,1-2H3/t19-/m1/s1. The number of carbonyl (C=O) groups excluding carboxylic acids is 2. The summed E-state index contributed by atoms with van der Waals surface area (Å²) in [6.07, 6.45) is 0. The van der Waals surface area contributed by atoms with E-state index in [2.05, 4.69) is 5.16 Å². The first-order chi connectivity index (χ1) is 14.4. The van der Waals surface area contributed by atoms with Gasteiger partial charge >= 0.3 is 5.91 Å². The van der Waals surface area contributed by atoms with E-state index >= 15 is 0 Å². The number of aliphatic hydroxyl groups is 1. The van der Waals surface area contributed by atoms with Gasteiger partial charge in [-0.3, -0.25) is 14.5 Å². The summed E-state index contributed by atoms with van der Waals surface area (Å²) in [6.45, 7) is 1.65. The third-order valence-electron chi connectivity index (χ3n) is 4.84. The quantitative estimate of drug-likeness (QED) is 0.401. The van der Waals surface area contributed by atoms with E-state index in [0.717, 1.165) is 4.90 Å². The molecule has 8 heteroatoms. The molecule has 1 N–H and O–H groups in total. The van der Waals surface area contributed by atoms with E-state index in [1.807, 2.05) is 0 Å². The van der Waals surface area contributed by atoms with E-state index in [0.29, 0.717) is 22.6 Å². The average molecular weight is 408 g/mol. The number of Topliss-reactive ketones (excluding diaryl/α,β-unsaturated/α-hetero) is 1. The van der Waals surface area contributed by atoms with Crippen molar-refractivity contribution in [2.75, 3.05) is 12.0 Å². The maximum absolute atomic E-state index is 13.5. The van der Waals surface area contributed by atoms with Gasteiger partial charge in [0, 0.05) is 11.6 Å². The first-order valence-electron chi connectivity index (χ1n) is 9.05. The van der Waals surface area contributed by atoms with Crippen molar-refractivity contribution < 1.29 is 28.3 Å². The number of hydrogen-bond acceptors (Lipinski definition) is 6. The molecule has 152 valence electrons. The summed E-state index contributed by atoms with van der Waals surface area (Å²) in [5.74, 6) is -1.57. The van der Waals surface area contributed by atoms with Crippen LogP contribution in [0, 0.1) is 12.7 Å². The van der Waals surface area contributed by atoms with Gasteiger partial charge in [0.2, 0.25) is 0 Å². The molecule has 1 amide bonds. The Morgan fingerprint density at radius 3 is 2.53 bits per heavy atom. The highest BCUT2D eigenvalue weighted by atomic mass is 19.1. The van der Waals surface area contributed by atoms with Crippen LogP contribution in [0.4, 0.5) is 10.2 Å². The SMILES string of the molecule is COc1cccc(C(O)=C2C(=O)C(=O)N(c3cc(C)on3)[C@@H]2c2ccc(F)cc2)c1. The van der Waals surface area contributed by atoms with Crippen molar-refractivity contribution in [2.24, 2.45) is 0 Å². The second kappa shape index (κ2) is 7.47. The number of methoxy groups -OCH3 is 1. The van der Waals surface area contributed by atoms with Crippen LogP contribution in [-0.2, 0) is 9.59 Å². The smallest absolute Gasteiger partial charge is 0.301 e. The lowest BCUT2D eigenvalue weighted by atomic mass is 9.95. The molecule has 0 bridgehead atoms. The van der Waals surface area contributed by atoms with Gasteiger partial charge in [-0.25, -0.2) is 4.39 Å². The van der Waals surface area contributed by atoms with Crippen LogP contribution in [0.15, 0.2) is 64.7 Å². The molecule has 1 aromatic heterocycles. The molecule has 1 aliphatic rings. The summed E-state index contributed by atoms with van der Waals surface area (Å²) < 4.78 is 23.7. The Bertz CT molecular complexity index is 1170. The van der Waals surface area contributed by atoms with Gasteiger partial charge < -0.3 is 14.4 Å². The molecule has 7 nitrogen and oxygen atoms in total. The largest absolute Gasteiger partial charge is 0.507 e. The van der Waals surface area contributed by atoms with Crippen LogP contribution >= 0.6 is 0 Å². The Kier molecular flexibility index (Phi) is 4.83. The van der Waals surface area contributed by atoms with Gasteiger partial charge in [-0.15, -0.1) is 0 Å². The number of aliphatic hydroxyl groups excluding tert-OH is 1. The van der Waals surface area contributed by atoms with Gasteiger partial charge in [0.05, 0.1) is 18.7 Å². The minimum absolute atomic E-state index is 0.119. The molecular formula is C22H17FN2O5. The molecule has 30 heavy (non-hydrogen) atoms. The van der Waals surface area contributed by atoms with Gasteiger partial charge in [0.15, 0.2) is 5.82 Å². The van der Waals surface area contributed by atoms with Gasteiger partial charge in [-0.2, -0.15) is 0 Å². The summed E-state index contributed by atoms with van der Waals surface area (Å²) >= 11 is 0. The molecule has 1 saturated heterocycles. The van der Waals surface area contributed by atoms with Crippen LogP contribution < -0.4 is 9.64 Å². The van der Waals surface area contributed by atoms with E-state index in [4.69, 9.17) is 9.26 Å². The Hall–Kier alpha value is -3.94. The van der Waals surface area contributed by atoms with Gasteiger partial charge in [-0.05, 0) is 36.8 Å². The van der Waals surface area contributed by atoms with E-state index < -0.39 is 23.5 Å². The van der Waals surface area contributed by atoms with Crippen LogP contribution in [0.3, 0.4) is 0 Å². The molecule has 1 aliphatic heterocycles. The zero-order valence-electron chi connectivity index (χ0n) is 16.1. The number of carbonyl (C=O) groups is 2. The summed E-state index contributed by atoms with van der Waals surface area (Å²) in [7, 11) is 1.48. The molecule has 3 aromatic rings. The molecule has 4 rings (SSSR count). The average Bonchev–Trinajstić information content (AvgIpc) is 3.29. The minimum atomic E-state index is -1.01. The van der Waals surface area contributed by atoms with Gasteiger partial charge in [-0.1, -0.05) is 29.4 Å². The Morgan fingerprint density at radius 2 is 1.90 bits per heavy atom. The molecule has 2 aromatic carbocycles. The number of anilines is 1. The molecule has 1 atom stereocenters. The molecule has 0 aliphatic carbocycles. The minimum Gasteiger partial charge on any atom is -0.507 e. The lowest BCUT2D eigenvalue weighted by Gasteiger charge is -2.22. The number of ether oxygens (including phenoxy) is 1. The maximum atomic E-state index is 13.5. The summed E-state index contributed by atoms with van der Waals surface area (Å²) in [6, 6.07) is 12.3. The van der Waals surface area contributed by atoms with Crippen LogP contribution in [-0.4, -0.2) is 29.1 Å². The van der Waals surface area contributed by atoms with Crippen LogP contribution in [0.1, 0.15) is 22.9 Å². The first kappa shape index (κ1) is 19.4. The topological polar surface area (TPSA) is 92.9 Å². The molecule has 0 unspecified atom stereocenters. The lowest BCUT2D eigenvalue weighted by Crippen LogP contribution is -2.29. The van der Waals surface area contributed by atoms with Crippen molar-refractivity contribution in [3.63, 3.8) is 0 Å². The van der Waals surface area contributed by atoms with Gasteiger partial charge in [0.1, 0.15) is 23.1 Å². The molecule has 1 fully saturated rings. The van der Waals surface area contributed by atoms with Crippen molar-refractivity contribution in [3.8, 4) is 5.75 Å². The van der Waals surface area contributed by atoms with Crippen LogP contribution in [0.25, 0.3) is 5.76 Å². The Labute approximate surface area is 171 Å². The van der Waals surface area contributed by atoms with E-state index in [1.54, 1.807) is 31.2 Å². The molecule has 0 spiro atoms. The maximum Gasteiger partial charge on any atom is 0.301 e. The highest BCUT2D eigenvalue weighted by Crippen LogP contribution is 2.42. The normalized spacial score (nSPS) is 18.1. The van der Waals surface area contributed by atoms with Gasteiger partial charge in [0.25, 0.3) is 5.78 Å². The monoisotopic (exact) mass is 408 g/mol. The lowest BCUT2D eigenvalue weighted by molar-refractivity contribution is -0.132. The number of hydrogen-bond donors (Lipinski definition) is 1. The predicted molar refractivity (Wildman–Crippen MR) is 105 cm³/mol. The summed E-state index contributed by atoms with van der Waals surface area (Å²) in [5.41, 5.74) is 0.594. The van der Waals surface area contributed by atoms with Crippen molar-refractivity contribution in [2.45, 2.75) is 13.0 Å². The Balaban J connectivity index is 1.94. The van der Waals surface area contributed by atoms with Crippen molar-refractivity contribution in [1.82, 2.24) is 5.16 Å². The summed E-state index contributed by atoms with van der Waals surface area (Å²) in [4.78, 5) is 27.0. The fourth-order valence-corrected chi connectivity index (χ4v) is 3.42. The zero-order chi connectivity index (χ0) is 21.4. The highest BCUT2D eigenvalue weighted by Gasteiger charge is 2.48. The zero-order valence-corrected chi connectivity index (χ0v) is 16.1. The van der Waals surface area contributed by atoms with E-state index in [1.165, 1.54) is 37.4 Å². The number of ketones is 1. The molecular weight excluding hydrogens is 391 g/mol. The predicted octanol–water partition coefficient (Wildman–Crippen LogP) is 3.76. The van der Waals surface area contributed by atoms with Crippen molar-refractivity contribution in [3.05, 3.63) is 82.9 Å². The fraction of sp³-hybridized carbons (Fsp3) is 0.136. The van der Waals surface area contributed by atoms with E-state index in [-0.39, 0.29) is 17.2 Å². The number of halogens is 1. The van der Waals surface area contributed by atoms with Crippen LogP contribution in [0.2, 0.25) is 0 Å².